The normalized spacial score (nSPS) is 17.9. The fourth-order valence-electron chi connectivity index (χ4n) is 3.64. The summed E-state index contributed by atoms with van der Waals surface area (Å²) >= 11 is 15.7. The number of hydrogen-bond acceptors (Lipinski definition) is 3. The van der Waals surface area contributed by atoms with E-state index in [-0.39, 0.29) is 16.4 Å². The maximum Gasteiger partial charge on any atom is 0.300 e. The van der Waals surface area contributed by atoms with Crippen LogP contribution in [0.15, 0.2) is 76.8 Å². The Labute approximate surface area is 197 Å². The molecule has 1 aliphatic heterocycles. The molecule has 1 aliphatic rings. The second-order valence-corrected chi connectivity index (χ2v) is 8.92. The zero-order valence-electron chi connectivity index (χ0n) is 16.3. The Morgan fingerprint density at radius 3 is 2.32 bits per heavy atom. The van der Waals surface area contributed by atoms with Crippen LogP contribution in [0, 0.1) is 6.92 Å². The maximum absolute atomic E-state index is 13.1. The number of aryl methyl sites for hydroxylation is 1. The molecule has 7 heteroatoms. The summed E-state index contributed by atoms with van der Waals surface area (Å²) in [5.41, 5.74) is 2.46. The molecular formula is C24H16BrCl2NO3. The van der Waals surface area contributed by atoms with Gasteiger partial charge in [0.1, 0.15) is 5.76 Å². The van der Waals surface area contributed by atoms with Crippen molar-refractivity contribution in [2.24, 2.45) is 0 Å². The Morgan fingerprint density at radius 1 is 0.968 bits per heavy atom. The lowest BCUT2D eigenvalue weighted by atomic mass is 9.95. The van der Waals surface area contributed by atoms with Crippen molar-refractivity contribution >= 4 is 62.3 Å². The number of carbonyl (C=O) groups is 2. The highest BCUT2D eigenvalue weighted by molar-refractivity contribution is 9.10. The largest absolute Gasteiger partial charge is 0.507 e. The molecule has 0 saturated carbocycles. The fraction of sp³-hybridized carbons (Fsp3) is 0.0833. The van der Waals surface area contributed by atoms with E-state index >= 15 is 0 Å². The SMILES string of the molecule is Cc1cccc(N2C(=O)C(=O)/C(=C(\O)c3ccc(Br)cc3)C2c2ccc(Cl)c(Cl)c2)c1. The van der Waals surface area contributed by atoms with Gasteiger partial charge in [-0.3, -0.25) is 14.5 Å². The van der Waals surface area contributed by atoms with Crippen LogP contribution in [0.2, 0.25) is 10.0 Å². The standard InChI is InChI=1S/C24H16BrCl2NO3/c1-13-3-2-4-17(11-13)28-21(15-7-10-18(26)19(27)12-15)20(23(30)24(28)31)22(29)14-5-8-16(25)9-6-14/h2-12,21,29H,1H3/b22-20-. The molecule has 0 aromatic heterocycles. The first-order valence-electron chi connectivity index (χ1n) is 9.36. The van der Waals surface area contributed by atoms with Gasteiger partial charge in [-0.2, -0.15) is 0 Å². The second kappa shape index (κ2) is 8.50. The molecule has 1 saturated heterocycles. The van der Waals surface area contributed by atoms with Gasteiger partial charge in [0.25, 0.3) is 11.7 Å². The van der Waals surface area contributed by atoms with Crippen molar-refractivity contribution in [3.8, 4) is 0 Å². The second-order valence-electron chi connectivity index (χ2n) is 7.19. The van der Waals surface area contributed by atoms with E-state index in [1.807, 2.05) is 25.1 Å². The molecule has 1 atom stereocenters. The number of halogens is 3. The minimum Gasteiger partial charge on any atom is -0.507 e. The molecule has 156 valence electrons. The molecule has 1 unspecified atom stereocenters. The van der Waals surface area contributed by atoms with Gasteiger partial charge in [-0.25, -0.2) is 0 Å². The van der Waals surface area contributed by atoms with Gasteiger partial charge in [-0.15, -0.1) is 0 Å². The number of carbonyl (C=O) groups excluding carboxylic acids is 2. The lowest BCUT2D eigenvalue weighted by Gasteiger charge is -2.26. The van der Waals surface area contributed by atoms with E-state index in [1.54, 1.807) is 48.5 Å². The monoisotopic (exact) mass is 515 g/mol. The van der Waals surface area contributed by atoms with Crippen LogP contribution in [0.1, 0.15) is 22.7 Å². The first-order chi connectivity index (χ1) is 14.8. The number of benzene rings is 3. The first-order valence-corrected chi connectivity index (χ1v) is 10.9. The molecule has 1 amide bonds. The van der Waals surface area contributed by atoms with Crippen LogP contribution in [0.25, 0.3) is 5.76 Å². The van der Waals surface area contributed by atoms with Crippen molar-refractivity contribution in [3.05, 3.63) is 104 Å². The lowest BCUT2D eigenvalue weighted by Crippen LogP contribution is -2.29. The van der Waals surface area contributed by atoms with Crippen LogP contribution < -0.4 is 4.90 Å². The number of hydrogen-bond donors (Lipinski definition) is 1. The zero-order valence-corrected chi connectivity index (χ0v) is 19.4. The highest BCUT2D eigenvalue weighted by Gasteiger charge is 2.47. The number of anilines is 1. The summed E-state index contributed by atoms with van der Waals surface area (Å²) in [5, 5.41) is 11.7. The molecule has 0 bridgehead atoms. The van der Waals surface area contributed by atoms with Crippen molar-refractivity contribution in [1.29, 1.82) is 0 Å². The smallest absolute Gasteiger partial charge is 0.300 e. The van der Waals surface area contributed by atoms with E-state index in [9.17, 15) is 14.7 Å². The molecule has 3 aromatic carbocycles. The molecule has 4 nitrogen and oxygen atoms in total. The van der Waals surface area contributed by atoms with Gasteiger partial charge in [0.15, 0.2) is 0 Å². The quantitative estimate of drug-likeness (QED) is 0.239. The number of aliphatic hydroxyl groups excluding tert-OH is 1. The van der Waals surface area contributed by atoms with Crippen LogP contribution in [-0.2, 0) is 9.59 Å². The molecule has 4 rings (SSSR count). The topological polar surface area (TPSA) is 57.6 Å². The molecule has 0 radical (unpaired) electrons. The summed E-state index contributed by atoms with van der Waals surface area (Å²) in [7, 11) is 0. The number of rotatable bonds is 3. The van der Waals surface area contributed by atoms with Gasteiger partial charge in [0.05, 0.1) is 21.7 Å². The average Bonchev–Trinajstić information content (AvgIpc) is 3.01. The van der Waals surface area contributed by atoms with E-state index in [1.165, 1.54) is 4.90 Å². The summed E-state index contributed by atoms with van der Waals surface area (Å²) in [4.78, 5) is 27.6. The molecule has 1 N–H and O–H groups in total. The van der Waals surface area contributed by atoms with E-state index in [2.05, 4.69) is 15.9 Å². The molecule has 1 heterocycles. The number of aliphatic hydroxyl groups is 1. The molecular weight excluding hydrogens is 501 g/mol. The van der Waals surface area contributed by atoms with E-state index in [0.29, 0.717) is 21.8 Å². The predicted octanol–water partition coefficient (Wildman–Crippen LogP) is 6.69. The minimum absolute atomic E-state index is 0.00721. The summed E-state index contributed by atoms with van der Waals surface area (Å²) < 4.78 is 0.824. The first kappa shape index (κ1) is 21.6. The van der Waals surface area contributed by atoms with Gasteiger partial charge in [-0.05, 0) is 54.4 Å². The Balaban J connectivity index is 1.97. The van der Waals surface area contributed by atoms with E-state index in [0.717, 1.165) is 10.0 Å². The van der Waals surface area contributed by atoms with Crippen LogP contribution in [0.4, 0.5) is 5.69 Å². The zero-order chi connectivity index (χ0) is 22.3. The summed E-state index contributed by atoms with van der Waals surface area (Å²) in [6.07, 6.45) is 0. The highest BCUT2D eigenvalue weighted by Crippen LogP contribution is 2.43. The molecule has 3 aromatic rings. The van der Waals surface area contributed by atoms with E-state index in [4.69, 9.17) is 23.2 Å². The van der Waals surface area contributed by atoms with E-state index < -0.39 is 17.7 Å². The summed E-state index contributed by atoms with van der Waals surface area (Å²) in [6.45, 7) is 1.90. The Morgan fingerprint density at radius 2 is 1.68 bits per heavy atom. The van der Waals surface area contributed by atoms with Crippen molar-refractivity contribution in [2.45, 2.75) is 13.0 Å². The van der Waals surface area contributed by atoms with Gasteiger partial charge in [0, 0.05) is 15.7 Å². The summed E-state index contributed by atoms with van der Waals surface area (Å²) in [6, 6.07) is 18.2. The van der Waals surface area contributed by atoms with Crippen LogP contribution >= 0.6 is 39.1 Å². The van der Waals surface area contributed by atoms with Crippen LogP contribution in [-0.4, -0.2) is 16.8 Å². The van der Waals surface area contributed by atoms with Gasteiger partial charge in [-0.1, -0.05) is 69.5 Å². The summed E-state index contributed by atoms with van der Waals surface area (Å²) in [5.74, 6) is -1.74. The third kappa shape index (κ3) is 4.01. The van der Waals surface area contributed by atoms with Gasteiger partial charge in [0.2, 0.25) is 0 Å². The highest BCUT2D eigenvalue weighted by atomic mass is 79.9. The average molecular weight is 517 g/mol. The van der Waals surface area contributed by atoms with Crippen molar-refractivity contribution in [3.63, 3.8) is 0 Å². The Bertz CT molecular complexity index is 1240. The third-order valence-electron chi connectivity index (χ3n) is 5.10. The molecule has 0 spiro atoms. The molecule has 1 fully saturated rings. The predicted molar refractivity (Wildman–Crippen MR) is 127 cm³/mol. The van der Waals surface area contributed by atoms with Gasteiger partial charge < -0.3 is 5.11 Å². The number of ketones is 1. The number of amides is 1. The Hall–Kier alpha value is -2.60. The number of Topliss-reactive ketones (excluding diaryl/α,β-unsaturated/α-hetero) is 1. The van der Waals surface area contributed by atoms with Crippen molar-refractivity contribution in [2.75, 3.05) is 4.90 Å². The molecule has 0 aliphatic carbocycles. The van der Waals surface area contributed by atoms with Crippen LogP contribution in [0.5, 0.6) is 0 Å². The minimum atomic E-state index is -0.861. The third-order valence-corrected chi connectivity index (χ3v) is 6.37. The Kier molecular flexibility index (Phi) is 5.93. The van der Waals surface area contributed by atoms with Crippen molar-refractivity contribution in [1.82, 2.24) is 0 Å². The fourth-order valence-corrected chi connectivity index (χ4v) is 4.21. The maximum atomic E-state index is 13.1. The lowest BCUT2D eigenvalue weighted by molar-refractivity contribution is -0.132. The van der Waals surface area contributed by atoms with Crippen molar-refractivity contribution < 1.29 is 14.7 Å². The number of nitrogens with zero attached hydrogens (tertiary/aromatic N) is 1. The van der Waals surface area contributed by atoms with Gasteiger partial charge >= 0.3 is 0 Å². The van der Waals surface area contributed by atoms with Crippen LogP contribution in [0.3, 0.4) is 0 Å². The molecule has 31 heavy (non-hydrogen) atoms.